The van der Waals surface area contributed by atoms with Gasteiger partial charge in [-0.25, -0.2) is 13.8 Å². The Labute approximate surface area is 193 Å². The van der Waals surface area contributed by atoms with Gasteiger partial charge in [0.25, 0.3) is 0 Å². The second-order valence-corrected chi connectivity index (χ2v) is 7.12. The number of carbonyl (C=O) groups excluding carboxylic acids is 1. The van der Waals surface area contributed by atoms with Crippen molar-refractivity contribution in [1.82, 2.24) is 9.97 Å². The number of methoxy groups -OCH3 is 1. The van der Waals surface area contributed by atoms with Crippen molar-refractivity contribution in [2.45, 2.75) is 0 Å². The molecule has 7 nitrogen and oxygen atoms in total. The Morgan fingerprint density at radius 3 is 2.79 bits per heavy atom. The van der Waals surface area contributed by atoms with Gasteiger partial charge >= 0.3 is 0 Å². The van der Waals surface area contributed by atoms with Crippen molar-refractivity contribution in [2.24, 2.45) is 0 Å². The maximum Gasteiger partial charge on any atom is 0.248 e. The Morgan fingerprint density at radius 2 is 2.00 bits per heavy atom. The molecule has 0 fully saturated rings. The lowest BCUT2D eigenvalue weighted by Crippen LogP contribution is -2.07. The Hall–Kier alpha value is -4.71. The van der Waals surface area contributed by atoms with E-state index in [-0.39, 0.29) is 23.9 Å². The molecule has 0 radical (unpaired) electrons. The van der Waals surface area contributed by atoms with E-state index in [4.69, 9.17) is 14.7 Å². The van der Waals surface area contributed by atoms with Crippen molar-refractivity contribution in [3.8, 4) is 29.0 Å². The molecule has 9 heteroatoms. The van der Waals surface area contributed by atoms with Gasteiger partial charge in [0.15, 0.2) is 18.1 Å². The van der Waals surface area contributed by atoms with E-state index >= 15 is 0 Å². The van der Waals surface area contributed by atoms with Gasteiger partial charge in [-0.2, -0.15) is 5.26 Å². The number of carbonyl (C=O) groups is 1. The van der Waals surface area contributed by atoms with Crippen molar-refractivity contribution in [3.63, 3.8) is 0 Å². The van der Waals surface area contributed by atoms with Crippen molar-refractivity contribution < 1.29 is 23.0 Å². The molecule has 0 saturated carbocycles. The van der Waals surface area contributed by atoms with Gasteiger partial charge in [0.1, 0.15) is 23.5 Å². The molecule has 0 aliphatic carbocycles. The minimum absolute atomic E-state index is 0.0178. The molecule has 0 spiro atoms. The van der Waals surface area contributed by atoms with Gasteiger partial charge in [0.05, 0.1) is 23.7 Å². The summed E-state index contributed by atoms with van der Waals surface area (Å²) < 4.78 is 38.1. The summed E-state index contributed by atoms with van der Waals surface area (Å²) in [6, 6.07) is 15.1. The van der Waals surface area contributed by atoms with Crippen LogP contribution in [0.5, 0.6) is 11.5 Å². The first-order chi connectivity index (χ1) is 16.5. The van der Waals surface area contributed by atoms with Crippen molar-refractivity contribution in [3.05, 3.63) is 77.9 Å². The molecule has 4 aromatic rings. The SMILES string of the molecule is COc1cc(C=CC(=O)Nc2ccc3nc(-c4cc(F)ccc4F)[nH]c3c2)ccc1OCC#N. The van der Waals surface area contributed by atoms with Crippen LogP contribution in [-0.2, 0) is 4.79 Å². The highest BCUT2D eigenvalue weighted by Gasteiger charge is 2.12. The lowest BCUT2D eigenvalue weighted by Gasteiger charge is -2.08. The Bertz CT molecular complexity index is 1440. The van der Waals surface area contributed by atoms with Crippen LogP contribution >= 0.6 is 0 Å². The van der Waals surface area contributed by atoms with Crippen molar-refractivity contribution in [2.75, 3.05) is 19.0 Å². The Morgan fingerprint density at radius 1 is 1.15 bits per heavy atom. The number of halogens is 2. The van der Waals surface area contributed by atoms with E-state index in [0.29, 0.717) is 33.8 Å². The number of hydrogen-bond acceptors (Lipinski definition) is 5. The van der Waals surface area contributed by atoms with Crippen LogP contribution in [0.25, 0.3) is 28.5 Å². The first kappa shape index (κ1) is 22.5. The molecule has 1 amide bonds. The molecule has 1 aromatic heterocycles. The van der Waals surface area contributed by atoms with Gasteiger partial charge < -0.3 is 19.8 Å². The van der Waals surface area contributed by atoms with Gasteiger partial charge in [-0.3, -0.25) is 4.79 Å². The fraction of sp³-hybridized carbons (Fsp3) is 0.0800. The van der Waals surface area contributed by atoms with E-state index in [9.17, 15) is 13.6 Å². The highest BCUT2D eigenvalue weighted by molar-refractivity contribution is 6.02. The third-order valence-corrected chi connectivity index (χ3v) is 4.84. The molecule has 2 N–H and O–H groups in total. The Balaban J connectivity index is 1.48. The molecule has 0 bridgehead atoms. The molecule has 0 atom stereocenters. The minimum atomic E-state index is -0.597. The largest absolute Gasteiger partial charge is 0.493 e. The average Bonchev–Trinajstić information content (AvgIpc) is 3.26. The average molecular weight is 460 g/mol. The number of rotatable bonds is 7. The smallest absolute Gasteiger partial charge is 0.248 e. The van der Waals surface area contributed by atoms with Crippen LogP contribution < -0.4 is 14.8 Å². The number of aromatic amines is 1. The lowest BCUT2D eigenvalue weighted by molar-refractivity contribution is -0.111. The summed E-state index contributed by atoms with van der Waals surface area (Å²) in [5, 5.41) is 11.4. The van der Waals surface area contributed by atoms with Crippen LogP contribution in [0.4, 0.5) is 14.5 Å². The molecule has 0 aliphatic heterocycles. The molecule has 170 valence electrons. The molecule has 34 heavy (non-hydrogen) atoms. The van der Waals surface area contributed by atoms with Crippen molar-refractivity contribution >= 4 is 28.7 Å². The van der Waals surface area contributed by atoms with E-state index in [0.717, 1.165) is 18.2 Å². The number of nitrogens with one attached hydrogen (secondary N) is 2. The molecule has 0 unspecified atom stereocenters. The van der Waals surface area contributed by atoms with Gasteiger partial charge in [-0.1, -0.05) is 6.07 Å². The second-order valence-electron chi connectivity index (χ2n) is 7.12. The zero-order valence-electron chi connectivity index (χ0n) is 17.9. The van der Waals surface area contributed by atoms with Gasteiger partial charge in [-0.15, -0.1) is 0 Å². The zero-order valence-corrected chi connectivity index (χ0v) is 17.9. The molecular weight excluding hydrogens is 442 g/mol. The minimum Gasteiger partial charge on any atom is -0.493 e. The van der Waals surface area contributed by atoms with Crippen LogP contribution in [0.3, 0.4) is 0 Å². The number of fused-ring (bicyclic) bond motifs is 1. The molecule has 1 heterocycles. The quantitative estimate of drug-likeness (QED) is 0.375. The molecule has 0 saturated heterocycles. The predicted octanol–water partition coefficient (Wildman–Crippen LogP) is 5.07. The summed E-state index contributed by atoms with van der Waals surface area (Å²) in [6.45, 7) is -0.104. The van der Waals surface area contributed by atoms with Gasteiger partial charge in [0.2, 0.25) is 5.91 Å². The maximum atomic E-state index is 14.1. The summed E-state index contributed by atoms with van der Waals surface area (Å²) >= 11 is 0. The van der Waals surface area contributed by atoms with Crippen LogP contribution in [0, 0.1) is 23.0 Å². The number of imidazole rings is 1. The summed E-state index contributed by atoms with van der Waals surface area (Å²) in [5.74, 6) is -0.492. The fourth-order valence-corrected chi connectivity index (χ4v) is 3.27. The van der Waals surface area contributed by atoms with E-state index in [1.54, 1.807) is 42.5 Å². The summed E-state index contributed by atoms with van der Waals surface area (Å²) in [5.41, 5.74) is 2.30. The summed E-state index contributed by atoms with van der Waals surface area (Å²) in [4.78, 5) is 19.6. The zero-order chi connectivity index (χ0) is 24.1. The first-order valence-corrected chi connectivity index (χ1v) is 10.1. The van der Waals surface area contributed by atoms with E-state index in [2.05, 4.69) is 15.3 Å². The number of nitrogens with zero attached hydrogens (tertiary/aromatic N) is 2. The third-order valence-electron chi connectivity index (χ3n) is 4.84. The van der Waals surface area contributed by atoms with Gasteiger partial charge in [-0.05, 0) is 60.2 Å². The summed E-state index contributed by atoms with van der Waals surface area (Å²) in [7, 11) is 1.48. The number of amides is 1. The molecule has 0 aliphatic rings. The maximum absolute atomic E-state index is 14.1. The number of benzene rings is 3. The standard InChI is InChI=1S/C25H18F2N4O3/c1-33-23-12-15(2-8-22(23)34-11-10-28)3-9-24(32)29-17-5-7-20-21(14-17)31-25(30-20)18-13-16(26)4-6-19(18)27/h2-9,12-14H,11H2,1H3,(H,29,32)(H,30,31). The Kier molecular flexibility index (Phi) is 6.50. The number of aromatic nitrogens is 2. The van der Waals surface area contributed by atoms with E-state index < -0.39 is 11.6 Å². The lowest BCUT2D eigenvalue weighted by atomic mass is 10.2. The summed E-state index contributed by atoms with van der Waals surface area (Å²) in [6.07, 6.45) is 2.96. The number of ether oxygens (including phenoxy) is 2. The van der Waals surface area contributed by atoms with Crippen LogP contribution in [0.2, 0.25) is 0 Å². The van der Waals surface area contributed by atoms with Crippen LogP contribution in [0.15, 0.2) is 60.7 Å². The van der Waals surface area contributed by atoms with Gasteiger partial charge in [0, 0.05) is 11.8 Å². The highest BCUT2D eigenvalue weighted by atomic mass is 19.1. The highest BCUT2D eigenvalue weighted by Crippen LogP contribution is 2.29. The number of anilines is 1. The van der Waals surface area contributed by atoms with Crippen LogP contribution in [0.1, 0.15) is 5.56 Å². The first-order valence-electron chi connectivity index (χ1n) is 10.1. The van der Waals surface area contributed by atoms with Crippen LogP contribution in [-0.4, -0.2) is 29.6 Å². The molecule has 3 aromatic carbocycles. The topological polar surface area (TPSA) is 100 Å². The van der Waals surface area contributed by atoms with Crippen molar-refractivity contribution in [1.29, 1.82) is 5.26 Å². The fourth-order valence-electron chi connectivity index (χ4n) is 3.27. The number of nitriles is 1. The number of hydrogen-bond donors (Lipinski definition) is 2. The third kappa shape index (κ3) is 5.02. The van der Waals surface area contributed by atoms with E-state index in [1.165, 1.54) is 13.2 Å². The molecule has 4 rings (SSSR count). The monoisotopic (exact) mass is 460 g/mol. The molecular formula is C25H18F2N4O3. The van der Waals surface area contributed by atoms with E-state index in [1.807, 2.05) is 6.07 Å². The predicted molar refractivity (Wildman–Crippen MR) is 123 cm³/mol. The number of H-pyrrole nitrogens is 1. The second kappa shape index (κ2) is 9.83. The normalized spacial score (nSPS) is 10.9.